The standard InChI is InChI=1S/C24H26FN7O2S/c25-20-5-3-19(4-6-20)23-28-29-24(32(23)12-11-31-13-15-33-16-14-31)35-17-1-2-21-27-22(30-34-21)18-7-9-26-10-8-18/h3-10H,1-2,11-17H2. The second-order valence-electron chi connectivity index (χ2n) is 8.12. The molecule has 4 aromatic rings. The maximum atomic E-state index is 13.5. The number of aryl methyl sites for hydroxylation is 1. The Kier molecular flexibility index (Phi) is 7.76. The first-order valence-electron chi connectivity index (χ1n) is 11.6. The van der Waals surface area contributed by atoms with Crippen LogP contribution in [0.25, 0.3) is 22.8 Å². The van der Waals surface area contributed by atoms with Crippen LogP contribution < -0.4 is 0 Å². The number of hydrogen-bond acceptors (Lipinski definition) is 9. The molecular formula is C24H26FN7O2S. The topological polar surface area (TPSA) is 95.0 Å². The highest BCUT2D eigenvalue weighted by molar-refractivity contribution is 7.99. The van der Waals surface area contributed by atoms with Crippen molar-refractivity contribution in [1.82, 2.24) is 34.8 Å². The van der Waals surface area contributed by atoms with Crippen LogP contribution in [-0.4, -0.2) is 73.4 Å². The van der Waals surface area contributed by atoms with Crippen LogP contribution in [0.2, 0.25) is 0 Å². The van der Waals surface area contributed by atoms with Crippen molar-refractivity contribution in [1.29, 1.82) is 0 Å². The summed E-state index contributed by atoms with van der Waals surface area (Å²) in [6.07, 6.45) is 4.94. The maximum absolute atomic E-state index is 13.5. The van der Waals surface area contributed by atoms with E-state index in [-0.39, 0.29) is 5.82 Å². The molecule has 1 aliphatic heterocycles. The number of thioether (sulfide) groups is 1. The number of halogens is 1. The Balaban J connectivity index is 1.22. The van der Waals surface area contributed by atoms with E-state index in [4.69, 9.17) is 9.26 Å². The van der Waals surface area contributed by atoms with Gasteiger partial charge in [-0.2, -0.15) is 4.98 Å². The summed E-state index contributed by atoms with van der Waals surface area (Å²) in [5, 5.41) is 13.8. The quantitative estimate of drug-likeness (QED) is 0.242. The largest absolute Gasteiger partial charge is 0.379 e. The lowest BCUT2D eigenvalue weighted by atomic mass is 10.2. The number of pyridine rings is 1. The Morgan fingerprint density at radius 3 is 2.54 bits per heavy atom. The highest BCUT2D eigenvalue weighted by Gasteiger charge is 2.17. The molecule has 0 bridgehead atoms. The van der Waals surface area contributed by atoms with Gasteiger partial charge in [-0.05, 0) is 42.8 Å². The van der Waals surface area contributed by atoms with Gasteiger partial charge in [0.25, 0.3) is 0 Å². The molecule has 1 saturated heterocycles. The molecule has 0 spiro atoms. The molecule has 1 aliphatic rings. The van der Waals surface area contributed by atoms with Gasteiger partial charge in [-0.15, -0.1) is 10.2 Å². The molecule has 0 unspecified atom stereocenters. The maximum Gasteiger partial charge on any atom is 0.226 e. The van der Waals surface area contributed by atoms with Gasteiger partial charge in [0, 0.05) is 61.9 Å². The van der Waals surface area contributed by atoms with E-state index in [0.717, 1.165) is 73.7 Å². The normalized spacial score (nSPS) is 14.4. The van der Waals surface area contributed by atoms with E-state index in [0.29, 0.717) is 18.1 Å². The Bertz CT molecular complexity index is 1210. The third-order valence-electron chi connectivity index (χ3n) is 5.74. The molecule has 0 amide bonds. The molecule has 0 atom stereocenters. The number of rotatable bonds is 10. The van der Waals surface area contributed by atoms with Crippen LogP contribution in [0.4, 0.5) is 4.39 Å². The average Bonchev–Trinajstić information content (AvgIpc) is 3.54. The van der Waals surface area contributed by atoms with Gasteiger partial charge in [0.15, 0.2) is 11.0 Å². The van der Waals surface area contributed by atoms with Crippen LogP contribution in [0, 0.1) is 5.82 Å². The summed E-state index contributed by atoms with van der Waals surface area (Å²) < 4.78 is 26.4. The number of aromatic nitrogens is 6. The zero-order valence-corrected chi connectivity index (χ0v) is 20.0. The van der Waals surface area contributed by atoms with E-state index in [2.05, 4.69) is 34.8 Å². The van der Waals surface area contributed by atoms with E-state index >= 15 is 0 Å². The number of nitrogens with zero attached hydrogens (tertiary/aromatic N) is 7. The highest BCUT2D eigenvalue weighted by Crippen LogP contribution is 2.25. The zero-order valence-electron chi connectivity index (χ0n) is 19.2. The van der Waals surface area contributed by atoms with Crippen LogP contribution in [0.15, 0.2) is 58.5 Å². The first-order valence-corrected chi connectivity index (χ1v) is 12.6. The fourth-order valence-corrected chi connectivity index (χ4v) is 4.74. The summed E-state index contributed by atoms with van der Waals surface area (Å²) in [6, 6.07) is 10.1. The molecule has 5 rings (SSSR count). The van der Waals surface area contributed by atoms with Gasteiger partial charge in [0.2, 0.25) is 11.7 Å². The monoisotopic (exact) mass is 495 g/mol. The summed E-state index contributed by atoms with van der Waals surface area (Å²) in [4.78, 5) is 10.9. The van der Waals surface area contributed by atoms with Crippen molar-refractivity contribution in [3.63, 3.8) is 0 Å². The molecule has 11 heteroatoms. The van der Waals surface area contributed by atoms with E-state index in [1.165, 1.54) is 12.1 Å². The molecule has 0 saturated carbocycles. The van der Waals surface area contributed by atoms with Crippen molar-refractivity contribution in [2.45, 2.75) is 24.5 Å². The van der Waals surface area contributed by atoms with E-state index < -0.39 is 0 Å². The van der Waals surface area contributed by atoms with E-state index in [1.807, 2.05) is 12.1 Å². The molecule has 0 aliphatic carbocycles. The molecule has 9 nitrogen and oxygen atoms in total. The molecule has 1 aromatic carbocycles. The van der Waals surface area contributed by atoms with Crippen molar-refractivity contribution in [3.05, 3.63) is 60.5 Å². The Labute approximate surface area is 206 Å². The van der Waals surface area contributed by atoms with Crippen LogP contribution >= 0.6 is 11.8 Å². The first kappa shape index (κ1) is 23.6. The van der Waals surface area contributed by atoms with Crippen molar-refractivity contribution < 1.29 is 13.7 Å². The lowest BCUT2D eigenvalue weighted by Crippen LogP contribution is -2.38. The van der Waals surface area contributed by atoms with Gasteiger partial charge < -0.3 is 13.8 Å². The molecule has 182 valence electrons. The van der Waals surface area contributed by atoms with Gasteiger partial charge in [0.05, 0.1) is 13.2 Å². The summed E-state index contributed by atoms with van der Waals surface area (Å²) >= 11 is 1.65. The second-order valence-corrected chi connectivity index (χ2v) is 9.18. The summed E-state index contributed by atoms with van der Waals surface area (Å²) in [7, 11) is 0. The van der Waals surface area contributed by atoms with Crippen molar-refractivity contribution in [2.75, 3.05) is 38.6 Å². The molecule has 1 fully saturated rings. The summed E-state index contributed by atoms with van der Waals surface area (Å²) in [5.41, 5.74) is 1.73. The average molecular weight is 496 g/mol. The van der Waals surface area contributed by atoms with Gasteiger partial charge in [-0.3, -0.25) is 9.88 Å². The Hall–Kier alpha value is -3.15. The minimum Gasteiger partial charge on any atom is -0.379 e. The fraction of sp³-hybridized carbons (Fsp3) is 0.375. The highest BCUT2D eigenvalue weighted by atomic mass is 32.2. The lowest BCUT2D eigenvalue weighted by Gasteiger charge is -2.27. The number of benzene rings is 1. The Morgan fingerprint density at radius 1 is 0.943 bits per heavy atom. The molecule has 0 N–H and O–H groups in total. The minimum absolute atomic E-state index is 0.268. The van der Waals surface area contributed by atoms with Crippen molar-refractivity contribution in [2.24, 2.45) is 0 Å². The fourth-order valence-electron chi connectivity index (χ4n) is 3.84. The smallest absolute Gasteiger partial charge is 0.226 e. The van der Waals surface area contributed by atoms with Crippen molar-refractivity contribution >= 4 is 11.8 Å². The molecule has 0 radical (unpaired) electrons. The van der Waals surface area contributed by atoms with Crippen molar-refractivity contribution in [3.8, 4) is 22.8 Å². The van der Waals surface area contributed by atoms with Crippen LogP contribution in [0.1, 0.15) is 12.3 Å². The molecule has 4 heterocycles. The second kappa shape index (κ2) is 11.5. The predicted octanol–water partition coefficient (Wildman–Crippen LogP) is 3.59. The zero-order chi connectivity index (χ0) is 23.9. The predicted molar refractivity (Wildman–Crippen MR) is 129 cm³/mol. The summed E-state index contributed by atoms with van der Waals surface area (Å²) in [6.45, 7) is 4.98. The van der Waals surface area contributed by atoms with E-state index in [9.17, 15) is 4.39 Å². The third kappa shape index (κ3) is 6.11. The molecule has 3 aromatic heterocycles. The molecule has 35 heavy (non-hydrogen) atoms. The number of hydrogen-bond donors (Lipinski definition) is 0. The van der Waals surface area contributed by atoms with E-state index in [1.54, 1.807) is 36.3 Å². The molecular weight excluding hydrogens is 469 g/mol. The van der Waals surface area contributed by atoms with Gasteiger partial charge in [-0.25, -0.2) is 4.39 Å². The van der Waals surface area contributed by atoms with Gasteiger partial charge >= 0.3 is 0 Å². The third-order valence-corrected chi connectivity index (χ3v) is 6.79. The van der Waals surface area contributed by atoms with Gasteiger partial charge in [0.1, 0.15) is 5.82 Å². The minimum atomic E-state index is -0.268. The van der Waals surface area contributed by atoms with Gasteiger partial charge in [-0.1, -0.05) is 16.9 Å². The van der Waals surface area contributed by atoms with Crippen LogP contribution in [-0.2, 0) is 17.7 Å². The van der Waals surface area contributed by atoms with Crippen LogP contribution in [0.3, 0.4) is 0 Å². The SMILES string of the molecule is Fc1ccc(-c2nnc(SCCCc3nc(-c4ccncc4)no3)n2CCN2CCOCC2)cc1. The lowest BCUT2D eigenvalue weighted by molar-refractivity contribution is 0.0361. The Morgan fingerprint density at radius 2 is 1.74 bits per heavy atom. The number of ether oxygens (including phenoxy) is 1. The first-order chi connectivity index (χ1) is 17.3. The number of morpholine rings is 1. The summed E-state index contributed by atoms with van der Waals surface area (Å²) in [5.74, 6) is 2.49. The van der Waals surface area contributed by atoms with Crippen LogP contribution in [0.5, 0.6) is 0 Å².